The molecule has 0 fully saturated rings. The lowest BCUT2D eigenvalue weighted by molar-refractivity contribution is 0.211. The molecule has 132 valence electrons. The average Bonchev–Trinajstić information content (AvgIpc) is 3.03. The molecule has 0 saturated heterocycles. The third-order valence-electron chi connectivity index (χ3n) is 4.50. The van der Waals surface area contributed by atoms with Crippen LogP contribution in [-0.4, -0.2) is 32.8 Å². The number of hydrogen-bond acceptors (Lipinski definition) is 4. The standard InChI is InChI=1S/C19H23N3O3/c1-13-10-22-16(9-20-18(22)19(2,3)12-23)17(24)21(13)11-14-5-7-15(25-4)8-6-14/h5-10,23H,11-12H2,1-4H3. The van der Waals surface area contributed by atoms with Crippen LogP contribution in [-0.2, 0) is 12.0 Å². The fourth-order valence-electron chi connectivity index (χ4n) is 2.89. The molecular weight excluding hydrogens is 318 g/mol. The van der Waals surface area contributed by atoms with E-state index in [0.29, 0.717) is 17.9 Å². The quantitative estimate of drug-likeness (QED) is 0.772. The van der Waals surface area contributed by atoms with Gasteiger partial charge in [-0.2, -0.15) is 0 Å². The molecule has 2 heterocycles. The van der Waals surface area contributed by atoms with Crippen LogP contribution in [0.3, 0.4) is 0 Å². The van der Waals surface area contributed by atoms with Crippen LogP contribution in [0, 0.1) is 6.92 Å². The maximum atomic E-state index is 12.9. The molecule has 0 atom stereocenters. The summed E-state index contributed by atoms with van der Waals surface area (Å²) in [4.78, 5) is 17.3. The molecular formula is C19H23N3O3. The first-order valence-corrected chi connectivity index (χ1v) is 8.19. The fourth-order valence-corrected chi connectivity index (χ4v) is 2.89. The smallest absolute Gasteiger partial charge is 0.276 e. The van der Waals surface area contributed by atoms with Gasteiger partial charge in [0.05, 0.1) is 26.5 Å². The van der Waals surface area contributed by atoms with Gasteiger partial charge in [0, 0.05) is 17.3 Å². The van der Waals surface area contributed by atoms with Crippen LogP contribution in [0.25, 0.3) is 5.52 Å². The number of fused-ring (bicyclic) bond motifs is 1. The minimum atomic E-state index is -0.520. The Morgan fingerprint density at radius 3 is 2.52 bits per heavy atom. The number of aliphatic hydroxyl groups is 1. The molecule has 6 heteroatoms. The maximum Gasteiger partial charge on any atom is 0.276 e. The van der Waals surface area contributed by atoms with Crippen LogP contribution in [0.4, 0.5) is 0 Å². The predicted octanol–water partition coefficient (Wildman–Crippen LogP) is 2.13. The van der Waals surface area contributed by atoms with Crippen LogP contribution < -0.4 is 10.3 Å². The monoisotopic (exact) mass is 341 g/mol. The van der Waals surface area contributed by atoms with Crippen LogP contribution in [0.1, 0.15) is 30.9 Å². The molecule has 0 aliphatic rings. The molecule has 1 N–H and O–H groups in total. The second kappa shape index (κ2) is 6.37. The van der Waals surface area contributed by atoms with Crippen molar-refractivity contribution in [1.29, 1.82) is 0 Å². The normalized spacial score (nSPS) is 11.9. The predicted molar refractivity (Wildman–Crippen MR) is 96.4 cm³/mol. The van der Waals surface area contributed by atoms with Gasteiger partial charge >= 0.3 is 0 Å². The Balaban J connectivity index is 2.07. The summed E-state index contributed by atoms with van der Waals surface area (Å²) in [5.74, 6) is 1.47. The molecule has 0 radical (unpaired) electrons. The van der Waals surface area contributed by atoms with Crippen LogP contribution >= 0.6 is 0 Å². The molecule has 0 amide bonds. The summed E-state index contributed by atoms with van der Waals surface area (Å²) < 4.78 is 8.69. The molecule has 1 aromatic carbocycles. The van der Waals surface area contributed by atoms with E-state index < -0.39 is 5.41 Å². The van der Waals surface area contributed by atoms with Crippen molar-refractivity contribution in [1.82, 2.24) is 14.0 Å². The van der Waals surface area contributed by atoms with Gasteiger partial charge in [0.15, 0.2) is 0 Å². The molecule has 3 rings (SSSR count). The number of imidazole rings is 1. The number of nitrogens with zero attached hydrogens (tertiary/aromatic N) is 3. The maximum absolute atomic E-state index is 12.9. The van der Waals surface area contributed by atoms with Gasteiger partial charge in [-0.25, -0.2) is 4.98 Å². The Hall–Kier alpha value is -2.60. The van der Waals surface area contributed by atoms with E-state index in [1.165, 1.54) is 0 Å². The summed E-state index contributed by atoms with van der Waals surface area (Å²) in [5, 5.41) is 9.61. The molecule has 0 unspecified atom stereocenters. The van der Waals surface area contributed by atoms with Crippen LogP contribution in [0.5, 0.6) is 5.75 Å². The highest BCUT2D eigenvalue weighted by molar-refractivity contribution is 5.46. The number of aliphatic hydroxyl groups excluding tert-OH is 1. The first-order chi connectivity index (χ1) is 11.9. The van der Waals surface area contributed by atoms with Crippen molar-refractivity contribution in [3.8, 4) is 5.75 Å². The highest BCUT2D eigenvalue weighted by Crippen LogP contribution is 2.22. The van der Waals surface area contributed by atoms with Crippen molar-refractivity contribution < 1.29 is 9.84 Å². The Morgan fingerprint density at radius 2 is 1.92 bits per heavy atom. The van der Waals surface area contributed by atoms with Crippen molar-refractivity contribution in [2.24, 2.45) is 0 Å². The van der Waals surface area contributed by atoms with Crippen molar-refractivity contribution in [3.63, 3.8) is 0 Å². The lowest BCUT2D eigenvalue weighted by Crippen LogP contribution is -2.28. The number of aryl methyl sites for hydroxylation is 1. The summed E-state index contributed by atoms with van der Waals surface area (Å²) in [6, 6.07) is 7.67. The van der Waals surface area contributed by atoms with Crippen molar-refractivity contribution in [2.45, 2.75) is 32.7 Å². The minimum absolute atomic E-state index is 0.0416. The number of ether oxygens (including phenoxy) is 1. The van der Waals surface area contributed by atoms with Crippen molar-refractivity contribution in [2.75, 3.05) is 13.7 Å². The average molecular weight is 341 g/mol. The highest BCUT2D eigenvalue weighted by atomic mass is 16.5. The number of aromatic nitrogens is 3. The van der Waals surface area contributed by atoms with Gasteiger partial charge in [-0.05, 0) is 24.6 Å². The van der Waals surface area contributed by atoms with Gasteiger partial charge in [-0.1, -0.05) is 26.0 Å². The molecule has 0 bridgehead atoms. The van der Waals surface area contributed by atoms with Crippen molar-refractivity contribution in [3.05, 3.63) is 64.1 Å². The largest absolute Gasteiger partial charge is 0.497 e. The van der Waals surface area contributed by atoms with Crippen LogP contribution in [0.15, 0.2) is 41.5 Å². The zero-order valence-electron chi connectivity index (χ0n) is 15.0. The number of rotatable bonds is 5. The fraction of sp³-hybridized carbons (Fsp3) is 0.368. The summed E-state index contributed by atoms with van der Waals surface area (Å²) in [5.41, 5.74) is 1.75. The molecule has 0 aliphatic carbocycles. The molecule has 0 aliphatic heterocycles. The topological polar surface area (TPSA) is 68.8 Å². The van der Waals surface area contributed by atoms with Gasteiger partial charge in [-0.15, -0.1) is 0 Å². The van der Waals surface area contributed by atoms with Crippen LogP contribution in [0.2, 0.25) is 0 Å². The second-order valence-electron chi connectivity index (χ2n) is 6.89. The summed E-state index contributed by atoms with van der Waals surface area (Å²) in [6.07, 6.45) is 3.49. The Bertz CT molecular complexity index is 952. The van der Waals surface area contributed by atoms with Gasteiger partial charge in [-0.3, -0.25) is 9.20 Å². The zero-order valence-corrected chi connectivity index (χ0v) is 15.0. The molecule has 6 nitrogen and oxygen atoms in total. The SMILES string of the molecule is COc1ccc(Cn2c(C)cn3c(C(C)(C)CO)ncc3c2=O)cc1. The Labute approximate surface area is 146 Å². The summed E-state index contributed by atoms with van der Waals surface area (Å²) >= 11 is 0. The van der Waals surface area contributed by atoms with E-state index in [1.807, 2.05) is 51.2 Å². The lowest BCUT2D eigenvalue weighted by atomic mass is 9.94. The number of methoxy groups -OCH3 is 1. The summed E-state index contributed by atoms with van der Waals surface area (Å²) in [7, 11) is 1.63. The Morgan fingerprint density at radius 1 is 1.24 bits per heavy atom. The minimum Gasteiger partial charge on any atom is -0.497 e. The van der Waals surface area contributed by atoms with Gasteiger partial charge in [0.2, 0.25) is 0 Å². The molecule has 3 aromatic rings. The number of benzene rings is 1. The Kier molecular flexibility index (Phi) is 4.39. The first kappa shape index (κ1) is 17.2. The third kappa shape index (κ3) is 3.05. The van der Waals surface area contributed by atoms with Gasteiger partial charge < -0.3 is 14.4 Å². The number of hydrogen-bond donors (Lipinski definition) is 1. The van der Waals surface area contributed by atoms with Crippen molar-refractivity contribution >= 4 is 5.52 Å². The molecule has 2 aromatic heterocycles. The van der Waals surface area contributed by atoms with E-state index in [1.54, 1.807) is 22.3 Å². The van der Waals surface area contributed by atoms with E-state index in [0.717, 1.165) is 17.0 Å². The van der Waals surface area contributed by atoms with E-state index in [2.05, 4.69) is 4.98 Å². The summed E-state index contributed by atoms with van der Waals surface area (Å²) in [6.45, 7) is 6.15. The highest BCUT2D eigenvalue weighted by Gasteiger charge is 2.26. The van der Waals surface area contributed by atoms with E-state index >= 15 is 0 Å². The lowest BCUT2D eigenvalue weighted by Gasteiger charge is -2.20. The van der Waals surface area contributed by atoms with Gasteiger partial charge in [0.25, 0.3) is 5.56 Å². The second-order valence-corrected chi connectivity index (χ2v) is 6.89. The zero-order chi connectivity index (χ0) is 18.2. The molecule has 0 spiro atoms. The third-order valence-corrected chi connectivity index (χ3v) is 4.50. The van der Waals surface area contributed by atoms with E-state index in [-0.39, 0.29) is 12.2 Å². The van der Waals surface area contributed by atoms with Gasteiger partial charge in [0.1, 0.15) is 17.1 Å². The molecule has 0 saturated carbocycles. The van der Waals surface area contributed by atoms with E-state index in [4.69, 9.17) is 4.74 Å². The van der Waals surface area contributed by atoms with E-state index in [9.17, 15) is 9.90 Å². The first-order valence-electron chi connectivity index (χ1n) is 8.19. The molecule has 25 heavy (non-hydrogen) atoms.